The van der Waals surface area contributed by atoms with Crippen molar-refractivity contribution in [3.63, 3.8) is 0 Å². The molecule has 0 radical (unpaired) electrons. The SMILES string of the molecule is CC(C)[C@](C)(N)c1cc(F)ccc1O. The van der Waals surface area contributed by atoms with Gasteiger partial charge in [0.15, 0.2) is 0 Å². The maximum atomic E-state index is 13.0. The molecule has 0 unspecified atom stereocenters. The molecule has 0 heterocycles. The lowest BCUT2D eigenvalue weighted by Gasteiger charge is -2.30. The number of benzene rings is 1. The maximum absolute atomic E-state index is 13.0. The average Bonchev–Trinajstić information content (AvgIpc) is 2.08. The molecule has 0 spiro atoms. The fourth-order valence-electron chi connectivity index (χ4n) is 1.25. The van der Waals surface area contributed by atoms with Crippen molar-refractivity contribution in [2.24, 2.45) is 11.7 Å². The van der Waals surface area contributed by atoms with Crippen LogP contribution >= 0.6 is 0 Å². The Hall–Kier alpha value is -1.09. The number of halogens is 1. The van der Waals surface area contributed by atoms with Crippen LogP contribution in [0.2, 0.25) is 0 Å². The molecule has 2 nitrogen and oxygen atoms in total. The first-order valence-electron chi connectivity index (χ1n) is 4.63. The Morgan fingerprint density at radius 2 is 2.00 bits per heavy atom. The Morgan fingerprint density at radius 3 is 2.50 bits per heavy atom. The molecule has 0 fully saturated rings. The summed E-state index contributed by atoms with van der Waals surface area (Å²) in [6.45, 7) is 5.65. The minimum absolute atomic E-state index is 0.0464. The van der Waals surface area contributed by atoms with Crippen LogP contribution in [0.4, 0.5) is 4.39 Å². The second-order valence-corrected chi connectivity index (χ2v) is 4.10. The molecule has 0 aromatic heterocycles. The smallest absolute Gasteiger partial charge is 0.123 e. The number of nitrogens with two attached hydrogens (primary N) is 1. The van der Waals surface area contributed by atoms with Gasteiger partial charge in [-0.15, -0.1) is 0 Å². The monoisotopic (exact) mass is 197 g/mol. The van der Waals surface area contributed by atoms with Crippen LogP contribution in [0.1, 0.15) is 26.3 Å². The van der Waals surface area contributed by atoms with E-state index >= 15 is 0 Å². The summed E-state index contributed by atoms with van der Waals surface area (Å²) in [4.78, 5) is 0. The molecule has 14 heavy (non-hydrogen) atoms. The van der Waals surface area contributed by atoms with E-state index in [9.17, 15) is 9.50 Å². The van der Waals surface area contributed by atoms with E-state index in [0.29, 0.717) is 5.56 Å². The third kappa shape index (κ3) is 1.87. The van der Waals surface area contributed by atoms with E-state index in [1.807, 2.05) is 13.8 Å². The topological polar surface area (TPSA) is 46.2 Å². The van der Waals surface area contributed by atoms with E-state index in [-0.39, 0.29) is 17.5 Å². The molecular weight excluding hydrogens is 181 g/mol. The molecule has 0 aliphatic heterocycles. The highest BCUT2D eigenvalue weighted by molar-refractivity contribution is 5.38. The lowest BCUT2D eigenvalue weighted by Crippen LogP contribution is -2.38. The summed E-state index contributed by atoms with van der Waals surface area (Å²) in [5.74, 6) is -0.213. The van der Waals surface area contributed by atoms with E-state index in [1.165, 1.54) is 18.2 Å². The number of rotatable bonds is 2. The minimum atomic E-state index is -0.716. The van der Waals surface area contributed by atoms with Crippen molar-refractivity contribution in [1.82, 2.24) is 0 Å². The van der Waals surface area contributed by atoms with Crippen LogP contribution in [0.25, 0.3) is 0 Å². The van der Waals surface area contributed by atoms with Crippen molar-refractivity contribution in [2.75, 3.05) is 0 Å². The van der Waals surface area contributed by atoms with Crippen molar-refractivity contribution in [3.05, 3.63) is 29.6 Å². The Bertz CT molecular complexity index is 334. The van der Waals surface area contributed by atoms with Gasteiger partial charge in [0, 0.05) is 11.1 Å². The van der Waals surface area contributed by atoms with E-state index < -0.39 is 5.54 Å². The van der Waals surface area contributed by atoms with Crippen LogP contribution < -0.4 is 5.73 Å². The lowest BCUT2D eigenvalue weighted by molar-refractivity contribution is 0.331. The molecule has 1 aromatic rings. The van der Waals surface area contributed by atoms with Crippen LogP contribution in [0.3, 0.4) is 0 Å². The number of hydrogen-bond donors (Lipinski definition) is 2. The van der Waals surface area contributed by atoms with Crippen molar-refractivity contribution >= 4 is 0 Å². The van der Waals surface area contributed by atoms with Gasteiger partial charge in [0.05, 0.1) is 0 Å². The molecular formula is C11H16FNO. The molecule has 3 heteroatoms. The highest BCUT2D eigenvalue weighted by Gasteiger charge is 2.28. The summed E-state index contributed by atoms with van der Waals surface area (Å²) in [5, 5.41) is 9.57. The molecule has 0 aliphatic rings. The van der Waals surface area contributed by atoms with Gasteiger partial charge in [0.2, 0.25) is 0 Å². The third-order valence-corrected chi connectivity index (χ3v) is 2.74. The third-order valence-electron chi connectivity index (χ3n) is 2.74. The van der Waals surface area contributed by atoms with Crippen molar-refractivity contribution in [1.29, 1.82) is 0 Å². The molecule has 0 aliphatic carbocycles. The normalized spacial score (nSPS) is 15.6. The Labute approximate surface area is 83.6 Å². The molecule has 0 bridgehead atoms. The van der Waals surface area contributed by atoms with Crippen LogP contribution in [0.15, 0.2) is 18.2 Å². The van der Waals surface area contributed by atoms with Gasteiger partial charge < -0.3 is 10.8 Å². The van der Waals surface area contributed by atoms with Gasteiger partial charge in [-0.05, 0) is 31.0 Å². The highest BCUT2D eigenvalue weighted by Crippen LogP contribution is 2.32. The van der Waals surface area contributed by atoms with E-state index in [4.69, 9.17) is 5.73 Å². The van der Waals surface area contributed by atoms with Crippen LogP contribution in [0.5, 0.6) is 5.75 Å². The molecule has 0 saturated carbocycles. The summed E-state index contributed by atoms with van der Waals surface area (Å²) in [6.07, 6.45) is 0. The summed E-state index contributed by atoms with van der Waals surface area (Å²) in [7, 11) is 0. The number of aromatic hydroxyl groups is 1. The number of phenolic OH excluding ortho intramolecular Hbond substituents is 1. The standard InChI is InChI=1S/C11H16FNO/c1-7(2)11(3,13)9-6-8(12)4-5-10(9)14/h4-7,14H,13H2,1-3H3/t11-/m0/s1. The Morgan fingerprint density at radius 1 is 1.43 bits per heavy atom. The van der Waals surface area contributed by atoms with E-state index in [2.05, 4.69) is 0 Å². The van der Waals surface area contributed by atoms with Gasteiger partial charge in [-0.3, -0.25) is 0 Å². The van der Waals surface area contributed by atoms with Gasteiger partial charge in [-0.25, -0.2) is 4.39 Å². The number of phenols is 1. The van der Waals surface area contributed by atoms with Crippen molar-refractivity contribution in [2.45, 2.75) is 26.3 Å². The van der Waals surface area contributed by atoms with Crippen LogP contribution in [-0.4, -0.2) is 5.11 Å². The molecule has 3 N–H and O–H groups in total. The summed E-state index contributed by atoms with van der Waals surface area (Å²) < 4.78 is 13.0. The second kappa shape index (κ2) is 3.58. The first-order chi connectivity index (χ1) is 6.35. The van der Waals surface area contributed by atoms with Crippen LogP contribution in [0, 0.1) is 11.7 Å². The zero-order chi connectivity index (χ0) is 10.9. The Kier molecular flexibility index (Phi) is 2.81. The minimum Gasteiger partial charge on any atom is -0.508 e. The van der Waals surface area contributed by atoms with Gasteiger partial charge in [0.1, 0.15) is 11.6 Å². The largest absolute Gasteiger partial charge is 0.508 e. The van der Waals surface area contributed by atoms with Gasteiger partial charge in [-0.2, -0.15) is 0 Å². The highest BCUT2D eigenvalue weighted by atomic mass is 19.1. The predicted molar refractivity (Wildman–Crippen MR) is 54.4 cm³/mol. The van der Waals surface area contributed by atoms with Crippen molar-refractivity contribution in [3.8, 4) is 5.75 Å². The quantitative estimate of drug-likeness (QED) is 0.764. The zero-order valence-corrected chi connectivity index (χ0v) is 8.71. The van der Waals surface area contributed by atoms with Crippen LogP contribution in [-0.2, 0) is 5.54 Å². The molecule has 0 saturated heterocycles. The average molecular weight is 197 g/mol. The van der Waals surface area contributed by atoms with E-state index in [0.717, 1.165) is 0 Å². The second-order valence-electron chi connectivity index (χ2n) is 4.10. The summed E-state index contributed by atoms with van der Waals surface area (Å²) >= 11 is 0. The molecule has 1 atom stereocenters. The molecule has 78 valence electrons. The van der Waals surface area contributed by atoms with E-state index in [1.54, 1.807) is 6.92 Å². The van der Waals surface area contributed by atoms with Gasteiger partial charge >= 0.3 is 0 Å². The summed E-state index contributed by atoms with van der Waals surface area (Å²) in [5.41, 5.74) is 5.76. The lowest BCUT2D eigenvalue weighted by atomic mass is 9.82. The predicted octanol–water partition coefficient (Wildman–Crippen LogP) is 2.36. The Balaban J connectivity index is 3.24. The van der Waals surface area contributed by atoms with Gasteiger partial charge in [-0.1, -0.05) is 13.8 Å². The maximum Gasteiger partial charge on any atom is 0.123 e. The molecule has 1 rings (SSSR count). The number of hydrogen-bond acceptors (Lipinski definition) is 2. The first kappa shape index (κ1) is 11.0. The first-order valence-corrected chi connectivity index (χ1v) is 4.63. The fraction of sp³-hybridized carbons (Fsp3) is 0.455. The fourth-order valence-corrected chi connectivity index (χ4v) is 1.25. The van der Waals surface area contributed by atoms with Crippen molar-refractivity contribution < 1.29 is 9.50 Å². The summed E-state index contributed by atoms with van der Waals surface area (Å²) in [6, 6.07) is 3.84. The zero-order valence-electron chi connectivity index (χ0n) is 8.71. The molecule has 1 aromatic carbocycles. The van der Waals surface area contributed by atoms with Gasteiger partial charge in [0.25, 0.3) is 0 Å². The molecule has 0 amide bonds.